The van der Waals surface area contributed by atoms with Gasteiger partial charge in [0.25, 0.3) is 0 Å². The van der Waals surface area contributed by atoms with Crippen LogP contribution in [-0.2, 0) is 21.0 Å². The van der Waals surface area contributed by atoms with Gasteiger partial charge in [-0.1, -0.05) is 39.3 Å². The lowest BCUT2D eigenvalue weighted by Crippen LogP contribution is -2.52. The number of hydrogen-bond donors (Lipinski definition) is 6. The molecule has 2 rings (SSSR count). The van der Waals surface area contributed by atoms with Gasteiger partial charge in [0.2, 0.25) is 11.8 Å². The second-order valence-electron chi connectivity index (χ2n) is 6.62. The summed E-state index contributed by atoms with van der Waals surface area (Å²) in [6.07, 6.45) is 2.24. The molecule has 0 unspecified atom stereocenters. The van der Waals surface area contributed by atoms with Crippen molar-refractivity contribution < 1.29 is 29.4 Å². The van der Waals surface area contributed by atoms with Gasteiger partial charge in [-0.15, -0.1) is 0 Å². The molecule has 10 heteroatoms. The molecule has 1 aromatic carbocycles. The Bertz CT molecular complexity index is 717. The van der Waals surface area contributed by atoms with Crippen molar-refractivity contribution in [3.63, 3.8) is 0 Å². The summed E-state index contributed by atoms with van der Waals surface area (Å²) in [5.41, 5.74) is 4.61. The number of rotatable bonds is 8. The van der Waals surface area contributed by atoms with Crippen molar-refractivity contribution in [3.05, 3.63) is 29.8 Å². The molecular formula is C21H34N4O6. The number of urea groups is 1. The van der Waals surface area contributed by atoms with Crippen molar-refractivity contribution in [2.75, 3.05) is 18.4 Å². The van der Waals surface area contributed by atoms with Gasteiger partial charge in [0.05, 0.1) is 13.2 Å². The molecule has 0 aliphatic heterocycles. The van der Waals surface area contributed by atoms with Crippen LogP contribution in [0.1, 0.15) is 52.0 Å². The van der Waals surface area contributed by atoms with Gasteiger partial charge in [-0.25, -0.2) is 4.79 Å². The highest BCUT2D eigenvalue weighted by Crippen LogP contribution is 2.41. The van der Waals surface area contributed by atoms with E-state index in [9.17, 15) is 19.2 Å². The lowest BCUT2D eigenvalue weighted by Gasteiger charge is -2.35. The van der Waals surface area contributed by atoms with Gasteiger partial charge in [0, 0.05) is 12.2 Å². The van der Waals surface area contributed by atoms with Gasteiger partial charge >= 0.3 is 12.0 Å². The van der Waals surface area contributed by atoms with Gasteiger partial charge in [-0.3, -0.25) is 14.4 Å². The van der Waals surface area contributed by atoms with Gasteiger partial charge in [0.1, 0.15) is 5.41 Å². The molecule has 1 saturated carbocycles. The van der Waals surface area contributed by atoms with Gasteiger partial charge in [-0.05, 0) is 37.0 Å². The summed E-state index contributed by atoms with van der Waals surface area (Å²) in [5, 5.41) is 25.4. The van der Waals surface area contributed by atoms with Crippen molar-refractivity contribution in [3.8, 4) is 0 Å². The first kappa shape index (κ1) is 27.9. The summed E-state index contributed by atoms with van der Waals surface area (Å²) < 4.78 is 0. The predicted molar refractivity (Wildman–Crippen MR) is 117 cm³/mol. The SMILES string of the molecule is CC.CCCNC(N)=O.O=C(CNC(=O)C1(C(=O)O)CCC1)Nc1ccc(CO)cc1. The van der Waals surface area contributed by atoms with Crippen LogP contribution in [0.25, 0.3) is 0 Å². The largest absolute Gasteiger partial charge is 0.480 e. The summed E-state index contributed by atoms with van der Waals surface area (Å²) >= 11 is 0. The third kappa shape index (κ3) is 9.47. The van der Waals surface area contributed by atoms with Crippen molar-refractivity contribution in [1.29, 1.82) is 0 Å². The molecule has 4 amide bonds. The van der Waals surface area contributed by atoms with Crippen LogP contribution in [0.15, 0.2) is 24.3 Å². The number of amides is 4. The number of hydrogen-bond acceptors (Lipinski definition) is 5. The smallest absolute Gasteiger partial charge is 0.319 e. The summed E-state index contributed by atoms with van der Waals surface area (Å²) in [4.78, 5) is 44.7. The Balaban J connectivity index is 0.000000852. The third-order valence-corrected chi connectivity index (χ3v) is 4.43. The summed E-state index contributed by atoms with van der Waals surface area (Å²) in [7, 11) is 0. The minimum absolute atomic E-state index is 0.0818. The molecule has 0 atom stereocenters. The Kier molecular flexibility index (Phi) is 13.3. The quantitative estimate of drug-likeness (QED) is 0.336. The van der Waals surface area contributed by atoms with E-state index in [0.717, 1.165) is 12.0 Å². The zero-order chi connectivity index (χ0) is 23.9. The Labute approximate surface area is 182 Å². The van der Waals surface area contributed by atoms with Crippen molar-refractivity contribution in [2.24, 2.45) is 11.1 Å². The lowest BCUT2D eigenvalue weighted by molar-refractivity contribution is -0.162. The number of aliphatic carboxylic acids is 1. The number of carbonyl (C=O) groups is 4. The summed E-state index contributed by atoms with van der Waals surface area (Å²) in [6, 6.07) is 6.16. The Hall–Kier alpha value is -3.14. The fourth-order valence-corrected chi connectivity index (χ4v) is 2.55. The topological polar surface area (TPSA) is 171 Å². The predicted octanol–water partition coefficient (Wildman–Crippen LogP) is 1.58. The molecule has 7 N–H and O–H groups in total. The van der Waals surface area contributed by atoms with Crippen LogP contribution in [0.5, 0.6) is 0 Å². The minimum atomic E-state index is -1.37. The highest BCUT2D eigenvalue weighted by atomic mass is 16.4. The monoisotopic (exact) mass is 438 g/mol. The summed E-state index contributed by atoms with van der Waals surface area (Å²) in [6.45, 7) is 6.28. The molecule has 0 saturated heterocycles. The number of nitrogens with one attached hydrogen (secondary N) is 3. The number of aliphatic hydroxyl groups is 1. The Morgan fingerprint density at radius 1 is 1.06 bits per heavy atom. The highest BCUT2D eigenvalue weighted by molar-refractivity contribution is 6.04. The maximum atomic E-state index is 11.9. The van der Waals surface area contributed by atoms with E-state index in [1.807, 2.05) is 20.8 Å². The average Bonchev–Trinajstić information content (AvgIpc) is 2.72. The van der Waals surface area contributed by atoms with Crippen LogP contribution in [0.4, 0.5) is 10.5 Å². The van der Waals surface area contributed by atoms with Crippen LogP contribution in [0, 0.1) is 5.41 Å². The molecule has 0 bridgehead atoms. The second-order valence-corrected chi connectivity index (χ2v) is 6.62. The Morgan fingerprint density at radius 3 is 2.00 bits per heavy atom. The van der Waals surface area contributed by atoms with Crippen molar-refractivity contribution >= 4 is 29.5 Å². The van der Waals surface area contributed by atoms with E-state index in [4.69, 9.17) is 15.9 Å². The standard InChI is InChI=1S/C15H18N2O5.C4H10N2O.C2H6/c18-9-10-2-4-11(5-3-10)17-12(19)8-16-13(20)15(14(21)22)6-1-7-15;1-2-3-6-4(5)7;1-2/h2-5,18H,1,6-9H2,(H,16,20)(H,17,19)(H,21,22);2-3H2,1H3,(H3,5,6,7);1-2H3. The molecule has 0 aromatic heterocycles. The molecule has 174 valence electrons. The minimum Gasteiger partial charge on any atom is -0.480 e. The molecule has 0 heterocycles. The molecular weight excluding hydrogens is 404 g/mol. The summed E-state index contributed by atoms with van der Waals surface area (Å²) in [5.74, 6) is -2.20. The molecule has 1 aromatic rings. The molecule has 1 aliphatic carbocycles. The third-order valence-electron chi connectivity index (χ3n) is 4.43. The van der Waals surface area contributed by atoms with Crippen molar-refractivity contribution in [2.45, 2.75) is 53.1 Å². The van der Waals surface area contributed by atoms with Crippen LogP contribution >= 0.6 is 0 Å². The fourth-order valence-electron chi connectivity index (χ4n) is 2.55. The fraction of sp³-hybridized carbons (Fsp3) is 0.524. The molecule has 0 radical (unpaired) electrons. The molecule has 0 spiro atoms. The lowest BCUT2D eigenvalue weighted by atomic mass is 9.68. The van der Waals surface area contributed by atoms with Gasteiger partial charge in [0.15, 0.2) is 0 Å². The first-order chi connectivity index (χ1) is 14.7. The molecule has 10 nitrogen and oxygen atoms in total. The second kappa shape index (κ2) is 14.8. The first-order valence-electron chi connectivity index (χ1n) is 10.3. The van der Waals surface area contributed by atoms with E-state index in [0.29, 0.717) is 31.5 Å². The van der Waals surface area contributed by atoms with E-state index in [2.05, 4.69) is 16.0 Å². The van der Waals surface area contributed by atoms with Gasteiger partial charge < -0.3 is 31.9 Å². The van der Waals surface area contributed by atoms with E-state index >= 15 is 0 Å². The molecule has 31 heavy (non-hydrogen) atoms. The number of carbonyl (C=O) groups excluding carboxylic acids is 3. The van der Waals surface area contributed by atoms with E-state index < -0.39 is 29.2 Å². The van der Waals surface area contributed by atoms with Crippen LogP contribution in [0.3, 0.4) is 0 Å². The maximum absolute atomic E-state index is 11.9. The highest BCUT2D eigenvalue weighted by Gasteiger charge is 2.51. The van der Waals surface area contributed by atoms with E-state index in [-0.39, 0.29) is 13.2 Å². The Morgan fingerprint density at radius 2 is 1.65 bits per heavy atom. The number of nitrogens with two attached hydrogens (primary N) is 1. The first-order valence-corrected chi connectivity index (χ1v) is 10.3. The number of carboxylic acid groups (broad SMARTS) is 1. The van der Waals surface area contributed by atoms with E-state index in [1.54, 1.807) is 24.3 Å². The molecule has 1 aliphatic rings. The molecule has 1 fully saturated rings. The number of benzene rings is 1. The van der Waals surface area contributed by atoms with Crippen LogP contribution < -0.4 is 21.7 Å². The maximum Gasteiger partial charge on any atom is 0.319 e. The van der Waals surface area contributed by atoms with Crippen molar-refractivity contribution in [1.82, 2.24) is 10.6 Å². The number of anilines is 1. The van der Waals surface area contributed by atoms with Crippen LogP contribution in [0.2, 0.25) is 0 Å². The number of aliphatic hydroxyl groups excluding tert-OH is 1. The van der Waals surface area contributed by atoms with Gasteiger partial charge in [-0.2, -0.15) is 0 Å². The zero-order valence-corrected chi connectivity index (χ0v) is 18.4. The number of primary amides is 1. The van der Waals surface area contributed by atoms with Crippen LogP contribution in [-0.4, -0.2) is 47.1 Å². The zero-order valence-electron chi connectivity index (χ0n) is 18.4. The average molecular weight is 439 g/mol. The van der Waals surface area contributed by atoms with E-state index in [1.165, 1.54) is 0 Å². The number of carboxylic acids is 1. The normalized spacial score (nSPS) is 13.0.